The molecule has 0 aliphatic carbocycles. The van der Waals surface area contributed by atoms with Crippen molar-refractivity contribution in [2.45, 2.75) is 32.7 Å². The largest absolute Gasteiger partial charge is 0.335 e. The number of nitrogens with zero attached hydrogens (tertiary/aromatic N) is 2. The van der Waals surface area contributed by atoms with Gasteiger partial charge in [-0.05, 0) is 35.6 Å². The zero-order valence-electron chi connectivity index (χ0n) is 16.4. The summed E-state index contributed by atoms with van der Waals surface area (Å²) in [5.74, 6) is -2.05. The van der Waals surface area contributed by atoms with E-state index in [0.29, 0.717) is 16.5 Å². The zero-order valence-corrected chi connectivity index (χ0v) is 16.4. The summed E-state index contributed by atoms with van der Waals surface area (Å²) >= 11 is 0. The molecule has 7 heteroatoms. The smallest absolute Gasteiger partial charge is 0.325 e. The molecule has 3 rings (SSSR count). The molecular weight excluding hydrogens is 370 g/mol. The first-order chi connectivity index (χ1) is 13.9. The molecule has 0 radical (unpaired) electrons. The third-order valence-corrected chi connectivity index (χ3v) is 5.00. The second-order valence-corrected chi connectivity index (χ2v) is 7.03. The van der Waals surface area contributed by atoms with Gasteiger partial charge in [-0.25, -0.2) is 9.69 Å². The lowest BCUT2D eigenvalue weighted by molar-refractivity contribution is -0.143. The van der Waals surface area contributed by atoms with Crippen molar-refractivity contribution >= 4 is 29.4 Å². The molecule has 0 spiro atoms. The van der Waals surface area contributed by atoms with Crippen LogP contribution in [-0.4, -0.2) is 40.1 Å². The van der Waals surface area contributed by atoms with Crippen LogP contribution in [0.25, 0.3) is 0 Å². The number of amides is 5. The second kappa shape index (κ2) is 8.68. The maximum absolute atomic E-state index is 12.5. The van der Waals surface area contributed by atoms with Crippen molar-refractivity contribution in [1.29, 1.82) is 0 Å². The molecule has 0 unspecified atom stereocenters. The van der Waals surface area contributed by atoms with Gasteiger partial charge in [-0.15, -0.1) is 0 Å². The van der Waals surface area contributed by atoms with Gasteiger partial charge in [-0.3, -0.25) is 19.3 Å². The summed E-state index contributed by atoms with van der Waals surface area (Å²) in [6.07, 6.45) is 1.01. The number of nitrogens with one attached hydrogen (secondary N) is 1. The highest BCUT2D eigenvalue weighted by molar-refractivity contribution is 6.45. The Balaban J connectivity index is 1.63. The van der Waals surface area contributed by atoms with Crippen LogP contribution in [0.15, 0.2) is 54.6 Å². The van der Waals surface area contributed by atoms with Gasteiger partial charge in [-0.2, -0.15) is 0 Å². The van der Waals surface area contributed by atoms with Crippen molar-refractivity contribution in [2.24, 2.45) is 0 Å². The second-order valence-electron chi connectivity index (χ2n) is 7.03. The summed E-state index contributed by atoms with van der Waals surface area (Å²) in [5.41, 5.74) is 2.45. The topological polar surface area (TPSA) is 86.8 Å². The lowest BCUT2D eigenvalue weighted by Crippen LogP contribution is -2.38. The van der Waals surface area contributed by atoms with Crippen LogP contribution < -0.4 is 5.32 Å². The first kappa shape index (κ1) is 20.3. The highest BCUT2D eigenvalue weighted by atomic mass is 16.2. The molecule has 2 aromatic carbocycles. The van der Waals surface area contributed by atoms with E-state index < -0.39 is 30.3 Å². The van der Waals surface area contributed by atoms with Gasteiger partial charge >= 0.3 is 17.8 Å². The van der Waals surface area contributed by atoms with E-state index in [1.807, 2.05) is 18.2 Å². The number of imide groups is 2. The van der Waals surface area contributed by atoms with E-state index in [1.54, 1.807) is 36.4 Å². The van der Waals surface area contributed by atoms with Gasteiger partial charge in [0.25, 0.3) is 0 Å². The van der Waals surface area contributed by atoms with Crippen LogP contribution in [-0.2, 0) is 20.9 Å². The minimum Gasteiger partial charge on any atom is -0.325 e. The lowest BCUT2D eigenvalue weighted by Gasteiger charge is -2.15. The number of hydrogen-bond acceptors (Lipinski definition) is 4. The van der Waals surface area contributed by atoms with Crippen molar-refractivity contribution in [3.63, 3.8) is 0 Å². The molecule has 0 saturated carbocycles. The van der Waals surface area contributed by atoms with Crippen molar-refractivity contribution < 1.29 is 19.2 Å². The van der Waals surface area contributed by atoms with E-state index in [-0.39, 0.29) is 6.54 Å². The summed E-state index contributed by atoms with van der Waals surface area (Å²) in [6.45, 7) is 3.70. The first-order valence-corrected chi connectivity index (χ1v) is 9.51. The number of rotatable bonds is 7. The highest BCUT2D eigenvalue weighted by Crippen LogP contribution is 2.21. The standard InChI is InChI=1S/C22H23N3O4/c1-3-15(2)17-9-11-18(12-10-17)23-19(26)14-25-21(28)20(27)24(22(25)29)13-16-7-5-4-6-8-16/h4-12,15H,3,13-14H2,1-2H3,(H,23,26)/t15-/m0/s1. The summed E-state index contributed by atoms with van der Waals surface area (Å²) < 4.78 is 0. The fourth-order valence-corrected chi connectivity index (χ4v) is 3.07. The van der Waals surface area contributed by atoms with Crippen LogP contribution >= 0.6 is 0 Å². The fourth-order valence-electron chi connectivity index (χ4n) is 3.07. The molecule has 1 aliphatic rings. The molecular formula is C22H23N3O4. The molecule has 1 fully saturated rings. The Hall–Kier alpha value is -3.48. The molecule has 29 heavy (non-hydrogen) atoms. The van der Waals surface area contributed by atoms with Gasteiger partial charge < -0.3 is 5.32 Å². The number of benzene rings is 2. The fraction of sp³-hybridized carbons (Fsp3) is 0.273. The molecule has 5 amide bonds. The Morgan fingerprint density at radius 1 is 0.931 bits per heavy atom. The number of hydrogen-bond donors (Lipinski definition) is 1. The average Bonchev–Trinajstić information content (AvgIpc) is 2.92. The molecule has 1 saturated heterocycles. The molecule has 2 aromatic rings. The van der Waals surface area contributed by atoms with Gasteiger partial charge in [0.15, 0.2) is 0 Å². The minimum atomic E-state index is -0.992. The molecule has 1 N–H and O–H groups in total. The third kappa shape index (κ3) is 4.51. The maximum atomic E-state index is 12.5. The third-order valence-electron chi connectivity index (χ3n) is 5.00. The zero-order chi connectivity index (χ0) is 21.0. The van der Waals surface area contributed by atoms with Crippen LogP contribution in [0.2, 0.25) is 0 Å². The Labute approximate surface area is 169 Å². The minimum absolute atomic E-state index is 0.0144. The predicted octanol–water partition coefficient (Wildman–Crippen LogP) is 3.13. The van der Waals surface area contributed by atoms with Gasteiger partial charge in [-0.1, -0.05) is 56.3 Å². The first-order valence-electron chi connectivity index (χ1n) is 9.51. The van der Waals surface area contributed by atoms with Gasteiger partial charge in [0.1, 0.15) is 6.54 Å². The van der Waals surface area contributed by atoms with E-state index in [1.165, 1.54) is 0 Å². The number of urea groups is 1. The van der Waals surface area contributed by atoms with Crippen molar-refractivity contribution in [3.8, 4) is 0 Å². The molecule has 150 valence electrons. The van der Waals surface area contributed by atoms with E-state index in [4.69, 9.17) is 0 Å². The quantitative estimate of drug-likeness (QED) is 0.578. The molecule has 1 aliphatic heterocycles. The predicted molar refractivity (Wildman–Crippen MR) is 108 cm³/mol. The number of carbonyl (C=O) groups is 4. The van der Waals surface area contributed by atoms with Crippen LogP contribution in [0.1, 0.15) is 37.3 Å². The summed E-state index contributed by atoms with van der Waals surface area (Å²) in [4.78, 5) is 50.7. The Bertz CT molecular complexity index is 925. The van der Waals surface area contributed by atoms with E-state index >= 15 is 0 Å². The van der Waals surface area contributed by atoms with Crippen molar-refractivity contribution in [3.05, 3.63) is 65.7 Å². The number of anilines is 1. The lowest BCUT2D eigenvalue weighted by atomic mass is 9.99. The molecule has 0 bridgehead atoms. The van der Waals surface area contributed by atoms with E-state index in [0.717, 1.165) is 22.4 Å². The van der Waals surface area contributed by atoms with Gasteiger partial charge in [0.2, 0.25) is 5.91 Å². The monoisotopic (exact) mass is 393 g/mol. The van der Waals surface area contributed by atoms with E-state index in [9.17, 15) is 19.2 Å². The van der Waals surface area contributed by atoms with Crippen molar-refractivity contribution in [1.82, 2.24) is 9.80 Å². The average molecular weight is 393 g/mol. The van der Waals surface area contributed by atoms with Gasteiger partial charge in [0.05, 0.1) is 6.54 Å². The molecule has 1 heterocycles. The van der Waals surface area contributed by atoms with Crippen LogP contribution in [0.3, 0.4) is 0 Å². The van der Waals surface area contributed by atoms with E-state index in [2.05, 4.69) is 19.2 Å². The van der Waals surface area contributed by atoms with Crippen LogP contribution in [0.4, 0.5) is 10.5 Å². The summed E-state index contributed by atoms with van der Waals surface area (Å²) in [5, 5.41) is 2.66. The normalized spacial score (nSPS) is 15.0. The summed E-state index contributed by atoms with van der Waals surface area (Å²) in [7, 11) is 0. The number of carbonyl (C=O) groups excluding carboxylic acids is 4. The Morgan fingerprint density at radius 3 is 2.17 bits per heavy atom. The SMILES string of the molecule is CC[C@H](C)c1ccc(NC(=O)CN2C(=O)C(=O)N(Cc3ccccc3)C2=O)cc1. The molecule has 0 aromatic heterocycles. The van der Waals surface area contributed by atoms with Crippen molar-refractivity contribution in [2.75, 3.05) is 11.9 Å². The van der Waals surface area contributed by atoms with Crippen LogP contribution in [0, 0.1) is 0 Å². The molecule has 1 atom stereocenters. The van der Waals surface area contributed by atoms with Gasteiger partial charge in [0, 0.05) is 5.69 Å². The Morgan fingerprint density at radius 2 is 1.55 bits per heavy atom. The Kier molecular flexibility index (Phi) is 6.07. The van der Waals surface area contributed by atoms with Crippen LogP contribution in [0.5, 0.6) is 0 Å². The highest BCUT2D eigenvalue weighted by Gasteiger charge is 2.45. The summed E-state index contributed by atoms with van der Waals surface area (Å²) in [6, 6.07) is 15.5. The maximum Gasteiger partial charge on any atom is 0.335 e. The molecule has 7 nitrogen and oxygen atoms in total.